The lowest BCUT2D eigenvalue weighted by molar-refractivity contribution is -0.171. The summed E-state index contributed by atoms with van der Waals surface area (Å²) in [4.78, 5) is 0. The molecule has 0 unspecified atom stereocenters. The highest BCUT2D eigenvalue weighted by Gasteiger charge is 2.44. The first kappa shape index (κ1) is 15.9. The van der Waals surface area contributed by atoms with Crippen LogP contribution in [-0.4, -0.2) is 17.7 Å². The number of aliphatic hydroxyl groups is 1. The van der Waals surface area contributed by atoms with Gasteiger partial charge in [0.2, 0.25) is 12.6 Å². The molecule has 2 aliphatic heterocycles. The van der Waals surface area contributed by atoms with E-state index in [2.05, 4.69) is 0 Å². The molecule has 3 atom stereocenters. The summed E-state index contributed by atoms with van der Waals surface area (Å²) >= 11 is 12.2. The molecular formula is C18H16Cl2O4. The van der Waals surface area contributed by atoms with Gasteiger partial charge in [-0.2, -0.15) is 0 Å². The molecule has 0 spiro atoms. The Labute approximate surface area is 149 Å². The Morgan fingerprint density at radius 2 is 1.75 bits per heavy atom. The first-order valence-corrected chi connectivity index (χ1v) is 8.42. The fourth-order valence-corrected chi connectivity index (χ4v) is 3.65. The van der Waals surface area contributed by atoms with E-state index in [1.807, 2.05) is 25.1 Å². The Hall–Kier alpha value is -1.62. The van der Waals surface area contributed by atoms with Crippen molar-refractivity contribution in [2.75, 3.05) is 6.79 Å². The van der Waals surface area contributed by atoms with Crippen LogP contribution in [0.15, 0.2) is 30.3 Å². The molecule has 4 rings (SSSR count). The first-order chi connectivity index (χ1) is 11.4. The third-order valence-electron chi connectivity index (χ3n) is 4.80. The van der Waals surface area contributed by atoms with E-state index in [1.165, 1.54) is 0 Å². The highest BCUT2D eigenvalue weighted by atomic mass is 35.5. The normalized spacial score (nSPS) is 27.5. The lowest BCUT2D eigenvalue weighted by atomic mass is 9.75. The number of halogens is 2. The van der Waals surface area contributed by atoms with Gasteiger partial charge in [0.25, 0.3) is 0 Å². The highest BCUT2D eigenvalue weighted by molar-refractivity contribution is 6.42. The zero-order valence-electron chi connectivity index (χ0n) is 13.2. The standard InChI is InChI=1S/C18H16Cl2O4/c1-9-17(10-3-4-12(19)13(20)5-10)11-6-15-16(23-8-22-15)7-14(11)24-18(9,2)21/h3-7,9,17,21H,8H2,1-2H3/t9-,17+,18+/m1/s1. The van der Waals surface area contributed by atoms with E-state index in [0.29, 0.717) is 27.3 Å². The number of hydrogen-bond donors (Lipinski definition) is 1. The minimum atomic E-state index is -1.32. The quantitative estimate of drug-likeness (QED) is 0.801. The van der Waals surface area contributed by atoms with Crippen LogP contribution in [0, 0.1) is 5.92 Å². The van der Waals surface area contributed by atoms with Crippen LogP contribution in [0.5, 0.6) is 17.2 Å². The Bertz CT molecular complexity index is 819. The molecule has 0 radical (unpaired) electrons. The number of fused-ring (bicyclic) bond motifs is 2. The van der Waals surface area contributed by atoms with Gasteiger partial charge in [-0.15, -0.1) is 0 Å². The second-order valence-electron chi connectivity index (χ2n) is 6.34. The largest absolute Gasteiger partial charge is 0.462 e. The van der Waals surface area contributed by atoms with Gasteiger partial charge >= 0.3 is 0 Å². The lowest BCUT2D eigenvalue weighted by Gasteiger charge is -2.42. The Morgan fingerprint density at radius 3 is 2.46 bits per heavy atom. The van der Waals surface area contributed by atoms with Gasteiger partial charge in [0.05, 0.1) is 10.0 Å². The van der Waals surface area contributed by atoms with E-state index in [0.717, 1.165) is 11.1 Å². The van der Waals surface area contributed by atoms with E-state index in [-0.39, 0.29) is 18.6 Å². The van der Waals surface area contributed by atoms with E-state index in [1.54, 1.807) is 19.1 Å². The van der Waals surface area contributed by atoms with Crippen molar-refractivity contribution in [2.45, 2.75) is 25.6 Å². The van der Waals surface area contributed by atoms with E-state index in [4.69, 9.17) is 37.4 Å². The Balaban J connectivity index is 1.90. The zero-order valence-corrected chi connectivity index (χ0v) is 14.7. The fourth-order valence-electron chi connectivity index (χ4n) is 3.34. The molecule has 2 aromatic carbocycles. The number of hydrogen-bond acceptors (Lipinski definition) is 4. The van der Waals surface area contributed by atoms with Crippen molar-refractivity contribution in [3.05, 3.63) is 51.5 Å². The molecule has 0 amide bonds. The summed E-state index contributed by atoms with van der Waals surface area (Å²) in [5.74, 6) is 0.231. The average molecular weight is 367 g/mol. The summed E-state index contributed by atoms with van der Waals surface area (Å²) < 4.78 is 16.7. The molecule has 0 fully saturated rings. The van der Waals surface area contributed by atoms with Crippen molar-refractivity contribution in [3.63, 3.8) is 0 Å². The maximum atomic E-state index is 10.7. The van der Waals surface area contributed by atoms with Gasteiger partial charge in [0.1, 0.15) is 5.75 Å². The second kappa shape index (κ2) is 5.45. The Morgan fingerprint density at radius 1 is 1.04 bits per heavy atom. The summed E-state index contributed by atoms with van der Waals surface area (Å²) in [5, 5.41) is 11.7. The number of benzene rings is 2. The van der Waals surface area contributed by atoms with Crippen LogP contribution in [-0.2, 0) is 0 Å². The van der Waals surface area contributed by atoms with Crippen molar-refractivity contribution in [1.29, 1.82) is 0 Å². The van der Waals surface area contributed by atoms with Crippen LogP contribution in [0.1, 0.15) is 30.9 Å². The molecule has 0 saturated heterocycles. The predicted octanol–water partition coefficient (Wildman–Crippen LogP) is 4.59. The van der Waals surface area contributed by atoms with Crippen LogP contribution in [0.3, 0.4) is 0 Å². The zero-order chi connectivity index (χ0) is 17.1. The minimum absolute atomic E-state index is 0.118. The van der Waals surface area contributed by atoms with Crippen LogP contribution in [0.2, 0.25) is 10.0 Å². The highest BCUT2D eigenvalue weighted by Crippen LogP contribution is 2.51. The summed E-state index contributed by atoms with van der Waals surface area (Å²) in [6.45, 7) is 3.79. The molecule has 2 aliphatic rings. The van der Waals surface area contributed by atoms with Gasteiger partial charge in [-0.1, -0.05) is 36.2 Å². The van der Waals surface area contributed by atoms with Gasteiger partial charge in [-0.25, -0.2) is 0 Å². The van der Waals surface area contributed by atoms with Gasteiger partial charge < -0.3 is 19.3 Å². The molecule has 0 bridgehead atoms. The summed E-state index contributed by atoms with van der Waals surface area (Å²) in [5.41, 5.74) is 1.89. The van der Waals surface area contributed by atoms with Gasteiger partial charge in [-0.3, -0.25) is 0 Å². The van der Waals surface area contributed by atoms with Gasteiger partial charge in [-0.05, 0) is 23.8 Å². The average Bonchev–Trinajstić information content (AvgIpc) is 2.97. The Kier molecular flexibility index (Phi) is 3.60. The van der Waals surface area contributed by atoms with Crippen LogP contribution >= 0.6 is 23.2 Å². The molecule has 0 saturated carbocycles. The molecule has 24 heavy (non-hydrogen) atoms. The SMILES string of the molecule is C[C@@H]1[C@@H](c2ccc(Cl)c(Cl)c2)c2cc3c(cc2O[C@]1(C)O)OCO3. The summed E-state index contributed by atoms with van der Waals surface area (Å²) in [7, 11) is 0. The predicted molar refractivity (Wildman–Crippen MR) is 91.3 cm³/mol. The molecule has 2 aromatic rings. The van der Waals surface area contributed by atoms with Gasteiger partial charge in [0.15, 0.2) is 11.5 Å². The third kappa shape index (κ3) is 2.41. The second-order valence-corrected chi connectivity index (χ2v) is 7.15. The molecular weight excluding hydrogens is 351 g/mol. The lowest BCUT2D eigenvalue weighted by Crippen LogP contribution is -2.45. The number of ether oxygens (including phenoxy) is 3. The minimum Gasteiger partial charge on any atom is -0.462 e. The van der Waals surface area contributed by atoms with E-state index in [9.17, 15) is 5.11 Å². The molecule has 6 heteroatoms. The summed E-state index contributed by atoms with van der Waals surface area (Å²) in [6, 6.07) is 9.20. The monoisotopic (exact) mass is 366 g/mol. The van der Waals surface area contributed by atoms with E-state index < -0.39 is 5.79 Å². The maximum Gasteiger partial charge on any atom is 0.231 e. The topological polar surface area (TPSA) is 47.9 Å². The molecule has 2 heterocycles. The van der Waals surface area contributed by atoms with Crippen LogP contribution in [0.4, 0.5) is 0 Å². The first-order valence-electron chi connectivity index (χ1n) is 7.66. The maximum absolute atomic E-state index is 10.7. The smallest absolute Gasteiger partial charge is 0.231 e. The van der Waals surface area contributed by atoms with Crippen LogP contribution < -0.4 is 14.2 Å². The van der Waals surface area contributed by atoms with Crippen molar-refractivity contribution >= 4 is 23.2 Å². The molecule has 0 aliphatic carbocycles. The fraction of sp³-hybridized carbons (Fsp3) is 0.333. The van der Waals surface area contributed by atoms with Crippen molar-refractivity contribution in [2.24, 2.45) is 5.92 Å². The molecule has 0 aromatic heterocycles. The molecule has 1 N–H and O–H groups in total. The van der Waals surface area contributed by atoms with Crippen molar-refractivity contribution < 1.29 is 19.3 Å². The van der Waals surface area contributed by atoms with Crippen molar-refractivity contribution in [1.82, 2.24) is 0 Å². The number of rotatable bonds is 1. The van der Waals surface area contributed by atoms with Gasteiger partial charge in [0, 0.05) is 30.4 Å². The van der Waals surface area contributed by atoms with E-state index >= 15 is 0 Å². The third-order valence-corrected chi connectivity index (χ3v) is 5.54. The summed E-state index contributed by atoms with van der Waals surface area (Å²) in [6.07, 6.45) is 0. The molecule has 4 nitrogen and oxygen atoms in total. The van der Waals surface area contributed by atoms with Crippen LogP contribution in [0.25, 0.3) is 0 Å². The van der Waals surface area contributed by atoms with Crippen molar-refractivity contribution in [3.8, 4) is 17.2 Å². The molecule has 126 valence electrons.